The summed E-state index contributed by atoms with van der Waals surface area (Å²) < 4.78 is 19.0. The molecule has 32 heavy (non-hydrogen) atoms. The second-order valence-corrected chi connectivity index (χ2v) is 7.72. The third-order valence-corrected chi connectivity index (χ3v) is 5.12. The number of aromatic nitrogens is 1. The molecule has 0 spiro atoms. The maximum Gasteiger partial charge on any atom is 0.308 e. The highest BCUT2D eigenvalue weighted by Crippen LogP contribution is 2.35. The summed E-state index contributed by atoms with van der Waals surface area (Å²) in [6.45, 7) is 6.79. The van der Waals surface area contributed by atoms with Gasteiger partial charge in [-0.3, -0.25) is 9.59 Å². The van der Waals surface area contributed by atoms with Gasteiger partial charge in [0.05, 0.1) is 12.1 Å². The molecule has 0 N–H and O–H groups in total. The summed E-state index contributed by atoms with van der Waals surface area (Å²) in [6, 6.07) is 15.5. The fraction of sp³-hybridized carbons (Fsp3) is 0.385. The Labute approximate surface area is 188 Å². The van der Waals surface area contributed by atoms with E-state index in [0.29, 0.717) is 36.8 Å². The zero-order chi connectivity index (χ0) is 22.9. The van der Waals surface area contributed by atoms with Crippen LogP contribution in [0.5, 0.6) is 17.2 Å². The van der Waals surface area contributed by atoms with Gasteiger partial charge in [-0.25, -0.2) is 0 Å². The van der Waals surface area contributed by atoms with E-state index < -0.39 is 5.97 Å². The van der Waals surface area contributed by atoms with Crippen LogP contribution >= 0.6 is 0 Å². The number of aryl methyl sites for hydroxylation is 1. The van der Waals surface area contributed by atoms with Gasteiger partial charge in [0.25, 0.3) is 5.56 Å². The van der Waals surface area contributed by atoms with Crippen LogP contribution in [0.4, 0.5) is 0 Å². The smallest absolute Gasteiger partial charge is 0.308 e. The minimum Gasteiger partial charge on any atom is -0.489 e. The Morgan fingerprint density at radius 2 is 1.69 bits per heavy atom. The normalized spacial score (nSPS) is 10.8. The second-order valence-electron chi connectivity index (χ2n) is 7.72. The molecule has 3 rings (SSSR count). The van der Waals surface area contributed by atoms with Gasteiger partial charge in [-0.2, -0.15) is 0 Å². The van der Waals surface area contributed by atoms with Crippen LogP contribution in [0.1, 0.15) is 52.0 Å². The van der Waals surface area contributed by atoms with Crippen molar-refractivity contribution in [3.05, 3.63) is 64.4 Å². The van der Waals surface area contributed by atoms with Crippen LogP contribution in [-0.4, -0.2) is 17.1 Å². The van der Waals surface area contributed by atoms with E-state index in [1.807, 2.05) is 48.5 Å². The number of carbonyl (C=O) groups is 1. The Morgan fingerprint density at radius 1 is 0.938 bits per heavy atom. The number of ether oxygens (including phenoxy) is 3. The summed E-state index contributed by atoms with van der Waals surface area (Å²) in [6.07, 6.45) is 3.53. The highest BCUT2D eigenvalue weighted by molar-refractivity contribution is 5.90. The number of fused-ring (bicyclic) bond motifs is 1. The molecule has 3 aromatic rings. The molecule has 0 aliphatic rings. The number of unbranched alkanes of at least 4 members (excludes halogenated alkanes) is 2. The van der Waals surface area contributed by atoms with Gasteiger partial charge in [-0.05, 0) is 30.5 Å². The van der Waals surface area contributed by atoms with Crippen LogP contribution in [-0.2, 0) is 17.9 Å². The van der Waals surface area contributed by atoms with Crippen LogP contribution in [0.25, 0.3) is 10.9 Å². The number of nitrogens with zero attached hydrogens (tertiary/aromatic N) is 1. The van der Waals surface area contributed by atoms with Crippen molar-refractivity contribution in [2.24, 2.45) is 0 Å². The van der Waals surface area contributed by atoms with Gasteiger partial charge in [-0.1, -0.05) is 57.0 Å². The van der Waals surface area contributed by atoms with E-state index in [0.717, 1.165) is 36.6 Å². The van der Waals surface area contributed by atoms with Gasteiger partial charge < -0.3 is 18.8 Å². The molecular weight excluding hydrogens is 406 g/mol. The molecule has 0 amide bonds. The number of hydrogen-bond donors (Lipinski definition) is 0. The minimum absolute atomic E-state index is 0.0461. The van der Waals surface area contributed by atoms with Crippen molar-refractivity contribution in [1.29, 1.82) is 0 Å². The first kappa shape index (κ1) is 23.4. The van der Waals surface area contributed by atoms with Crippen LogP contribution < -0.4 is 19.8 Å². The van der Waals surface area contributed by atoms with Gasteiger partial charge in [0, 0.05) is 24.9 Å². The molecule has 0 atom stereocenters. The maximum absolute atomic E-state index is 13.3. The zero-order valence-electron chi connectivity index (χ0n) is 19.1. The fourth-order valence-electron chi connectivity index (χ4n) is 3.44. The van der Waals surface area contributed by atoms with Crippen molar-refractivity contribution in [3.8, 4) is 17.2 Å². The molecule has 6 nitrogen and oxygen atoms in total. The summed E-state index contributed by atoms with van der Waals surface area (Å²) in [5, 5.41) is 0.722. The van der Waals surface area contributed by atoms with Crippen LogP contribution in [0, 0.1) is 0 Å². The number of benzene rings is 2. The Balaban J connectivity index is 2.09. The predicted octanol–water partition coefficient (Wildman–Crippen LogP) is 5.48. The summed E-state index contributed by atoms with van der Waals surface area (Å²) >= 11 is 0. The van der Waals surface area contributed by atoms with E-state index in [-0.39, 0.29) is 11.3 Å². The van der Waals surface area contributed by atoms with Gasteiger partial charge in [0.1, 0.15) is 12.4 Å². The van der Waals surface area contributed by atoms with Crippen molar-refractivity contribution in [2.45, 2.75) is 59.6 Å². The van der Waals surface area contributed by atoms with E-state index in [9.17, 15) is 9.59 Å². The molecule has 0 bridgehead atoms. The standard InChI is InChI=1S/C26H31NO5/c1-4-6-15-27-23-17-21(31-18-20-11-9-8-10-12-20)13-14-22(23)24(30-16-7-5-2)25(26(27)29)32-19(3)28/h8-14,17H,4-7,15-16,18H2,1-3H3. The summed E-state index contributed by atoms with van der Waals surface area (Å²) in [5.41, 5.74) is 1.40. The van der Waals surface area contributed by atoms with E-state index in [1.54, 1.807) is 4.57 Å². The van der Waals surface area contributed by atoms with Crippen LogP contribution in [0.15, 0.2) is 53.3 Å². The van der Waals surface area contributed by atoms with E-state index in [4.69, 9.17) is 14.2 Å². The lowest BCUT2D eigenvalue weighted by atomic mass is 10.1. The third-order valence-electron chi connectivity index (χ3n) is 5.12. The summed E-state index contributed by atoms with van der Waals surface area (Å²) in [7, 11) is 0. The Morgan fingerprint density at radius 3 is 2.38 bits per heavy atom. The second kappa shape index (κ2) is 11.4. The highest BCUT2D eigenvalue weighted by Gasteiger charge is 2.21. The summed E-state index contributed by atoms with van der Waals surface area (Å²) in [5.74, 6) is 0.378. The Bertz CT molecular complexity index is 1100. The molecule has 0 radical (unpaired) electrons. The topological polar surface area (TPSA) is 66.8 Å². The molecule has 0 fully saturated rings. The maximum atomic E-state index is 13.3. The summed E-state index contributed by atoms with van der Waals surface area (Å²) in [4.78, 5) is 25.1. The van der Waals surface area contributed by atoms with Gasteiger partial charge >= 0.3 is 5.97 Å². The molecule has 1 heterocycles. The molecule has 6 heteroatoms. The van der Waals surface area contributed by atoms with E-state index >= 15 is 0 Å². The molecule has 0 aliphatic carbocycles. The molecule has 0 unspecified atom stereocenters. The fourth-order valence-corrected chi connectivity index (χ4v) is 3.44. The van der Waals surface area contributed by atoms with Gasteiger partial charge in [-0.15, -0.1) is 0 Å². The average Bonchev–Trinajstić information content (AvgIpc) is 2.80. The molecule has 0 saturated heterocycles. The largest absolute Gasteiger partial charge is 0.489 e. The molecule has 2 aromatic carbocycles. The molecule has 1 aromatic heterocycles. The van der Waals surface area contributed by atoms with Gasteiger partial charge in [0.15, 0.2) is 5.75 Å². The first-order valence-electron chi connectivity index (χ1n) is 11.2. The molecule has 170 valence electrons. The van der Waals surface area contributed by atoms with Crippen molar-refractivity contribution < 1.29 is 19.0 Å². The molecular formula is C26H31NO5. The molecule has 0 saturated carbocycles. The Kier molecular flexibility index (Phi) is 8.31. The number of esters is 1. The number of pyridine rings is 1. The monoisotopic (exact) mass is 437 g/mol. The SMILES string of the molecule is CCCCOc1c(OC(C)=O)c(=O)n(CCCC)c2cc(OCc3ccccc3)ccc12. The van der Waals surface area contributed by atoms with Crippen molar-refractivity contribution in [3.63, 3.8) is 0 Å². The lowest BCUT2D eigenvalue weighted by molar-refractivity contribution is -0.132. The number of rotatable bonds is 11. The van der Waals surface area contributed by atoms with E-state index in [2.05, 4.69) is 13.8 Å². The van der Waals surface area contributed by atoms with Crippen molar-refractivity contribution >= 4 is 16.9 Å². The average molecular weight is 438 g/mol. The zero-order valence-corrected chi connectivity index (χ0v) is 19.1. The predicted molar refractivity (Wildman–Crippen MR) is 126 cm³/mol. The van der Waals surface area contributed by atoms with Crippen LogP contribution in [0.3, 0.4) is 0 Å². The first-order valence-corrected chi connectivity index (χ1v) is 11.2. The lowest BCUT2D eigenvalue weighted by Crippen LogP contribution is -2.25. The first-order chi connectivity index (χ1) is 15.5. The Hall–Kier alpha value is -3.28. The highest BCUT2D eigenvalue weighted by atomic mass is 16.6. The number of carbonyl (C=O) groups excluding carboxylic acids is 1. The van der Waals surface area contributed by atoms with Crippen LogP contribution in [0.2, 0.25) is 0 Å². The molecule has 0 aliphatic heterocycles. The number of hydrogen-bond acceptors (Lipinski definition) is 5. The third kappa shape index (κ3) is 5.69. The van der Waals surface area contributed by atoms with Gasteiger partial charge in [0.2, 0.25) is 5.75 Å². The minimum atomic E-state index is -0.549. The quantitative estimate of drug-likeness (QED) is 0.293. The van der Waals surface area contributed by atoms with Crippen molar-refractivity contribution in [1.82, 2.24) is 4.57 Å². The van der Waals surface area contributed by atoms with Crippen molar-refractivity contribution in [2.75, 3.05) is 6.61 Å². The van der Waals surface area contributed by atoms with E-state index in [1.165, 1.54) is 6.92 Å². The lowest BCUT2D eigenvalue weighted by Gasteiger charge is -2.18.